The largest absolute Gasteiger partial charge is 0.368 e. The number of amides is 4. The lowest BCUT2D eigenvalue weighted by molar-refractivity contribution is -0.141. The Kier molecular flexibility index (Phi) is 13.1. The lowest BCUT2D eigenvalue weighted by Crippen LogP contribution is -2.49. The summed E-state index contributed by atoms with van der Waals surface area (Å²) in [6.07, 6.45) is 0.308. The fourth-order valence-electron chi connectivity index (χ4n) is 4.16. The Hall–Kier alpha value is -3.37. The fraction of sp³-hybridized carbons (Fsp3) is 0.267. The average molecular weight is 670 g/mol. The second-order valence-corrected chi connectivity index (χ2v) is 11.3. The Bertz CT molecular complexity index is 1490. The zero-order valence-corrected chi connectivity index (χ0v) is 25.9. The fourth-order valence-corrected chi connectivity index (χ4v) is 5.16. The van der Waals surface area contributed by atoms with Gasteiger partial charge in [-0.2, -0.15) is 0 Å². The van der Waals surface area contributed by atoms with Crippen LogP contribution >= 0.6 is 46.4 Å². The lowest BCUT2D eigenvalue weighted by Gasteiger charge is -2.27. The third-order valence-electron chi connectivity index (χ3n) is 6.46. The highest BCUT2D eigenvalue weighted by molar-refractivity contribution is 6.35. The van der Waals surface area contributed by atoms with E-state index in [1.165, 1.54) is 28.0 Å². The highest BCUT2D eigenvalue weighted by atomic mass is 35.5. The molecule has 0 aromatic heterocycles. The first-order chi connectivity index (χ1) is 20.4. The summed E-state index contributed by atoms with van der Waals surface area (Å²) in [5.41, 5.74) is 6.97. The summed E-state index contributed by atoms with van der Waals surface area (Å²) in [4.78, 5) is 53.4. The molecule has 43 heavy (non-hydrogen) atoms. The minimum absolute atomic E-state index is 0.0581. The van der Waals surface area contributed by atoms with Gasteiger partial charge in [-0.15, -0.1) is 0 Å². The van der Waals surface area contributed by atoms with Gasteiger partial charge >= 0.3 is 0 Å². The molecule has 0 bridgehead atoms. The van der Waals surface area contributed by atoms with Gasteiger partial charge in [-0.05, 0) is 59.9 Å². The molecule has 8 nitrogen and oxygen atoms in total. The highest BCUT2D eigenvalue weighted by Crippen LogP contribution is 2.23. The van der Waals surface area contributed by atoms with Crippen LogP contribution in [0.25, 0.3) is 0 Å². The van der Waals surface area contributed by atoms with Crippen LogP contribution < -0.4 is 11.1 Å². The number of hydrogen-bond acceptors (Lipinski definition) is 4. The molecule has 3 rings (SSSR count). The van der Waals surface area contributed by atoms with Gasteiger partial charge in [-0.25, -0.2) is 4.39 Å². The van der Waals surface area contributed by atoms with Gasteiger partial charge in [0, 0.05) is 33.2 Å². The number of nitrogens with one attached hydrogen (secondary N) is 1. The summed E-state index contributed by atoms with van der Waals surface area (Å²) in [7, 11) is 0. The van der Waals surface area contributed by atoms with Gasteiger partial charge < -0.3 is 20.9 Å². The number of halogens is 5. The summed E-state index contributed by atoms with van der Waals surface area (Å²) in [6, 6.07) is 15.7. The lowest BCUT2D eigenvalue weighted by atomic mass is 10.1. The number of rotatable bonds is 14. The van der Waals surface area contributed by atoms with E-state index < -0.39 is 42.5 Å². The first kappa shape index (κ1) is 34.1. The summed E-state index contributed by atoms with van der Waals surface area (Å²) >= 11 is 24.5. The maximum atomic E-state index is 14.0. The third-order valence-corrected chi connectivity index (χ3v) is 7.63. The number of nitrogens with zero attached hydrogens (tertiary/aromatic N) is 2. The van der Waals surface area contributed by atoms with Crippen LogP contribution in [-0.2, 0) is 38.4 Å². The maximum absolute atomic E-state index is 14.0. The van der Waals surface area contributed by atoms with Gasteiger partial charge in [0.15, 0.2) is 0 Å². The number of carbonyl (C=O) groups excluding carboxylic acids is 4. The molecule has 0 aliphatic heterocycles. The molecular weight excluding hydrogens is 641 g/mol. The van der Waals surface area contributed by atoms with E-state index in [4.69, 9.17) is 52.1 Å². The summed E-state index contributed by atoms with van der Waals surface area (Å²) in [6.45, 7) is -1.08. The van der Waals surface area contributed by atoms with E-state index in [0.29, 0.717) is 37.6 Å². The minimum Gasteiger partial charge on any atom is -0.368 e. The van der Waals surface area contributed by atoms with Crippen LogP contribution in [0.1, 0.15) is 16.7 Å². The smallest absolute Gasteiger partial charge is 0.242 e. The van der Waals surface area contributed by atoms with Crippen molar-refractivity contribution in [2.24, 2.45) is 5.73 Å². The van der Waals surface area contributed by atoms with E-state index in [-0.39, 0.29) is 38.0 Å². The van der Waals surface area contributed by atoms with Crippen LogP contribution in [0.15, 0.2) is 60.7 Å². The second kappa shape index (κ2) is 16.5. The van der Waals surface area contributed by atoms with Crippen LogP contribution in [0.2, 0.25) is 20.1 Å². The highest BCUT2D eigenvalue weighted by Gasteiger charge is 2.23. The Morgan fingerprint density at radius 3 is 1.77 bits per heavy atom. The normalized spacial score (nSPS) is 10.7. The van der Waals surface area contributed by atoms with Crippen molar-refractivity contribution in [3.63, 3.8) is 0 Å². The van der Waals surface area contributed by atoms with Gasteiger partial charge in [0.1, 0.15) is 5.82 Å². The van der Waals surface area contributed by atoms with Crippen LogP contribution in [0.5, 0.6) is 0 Å². The maximum Gasteiger partial charge on any atom is 0.242 e. The van der Waals surface area contributed by atoms with Gasteiger partial charge in [0.05, 0.1) is 26.1 Å². The van der Waals surface area contributed by atoms with Crippen LogP contribution in [0.4, 0.5) is 4.39 Å². The van der Waals surface area contributed by atoms with Crippen molar-refractivity contribution in [1.82, 2.24) is 15.1 Å². The predicted octanol–water partition coefficient (Wildman–Crippen LogP) is 4.73. The third kappa shape index (κ3) is 11.0. The Labute approximate surface area is 268 Å². The summed E-state index contributed by atoms with van der Waals surface area (Å²) < 4.78 is 14.0. The van der Waals surface area contributed by atoms with E-state index in [0.717, 1.165) is 0 Å². The van der Waals surface area contributed by atoms with Gasteiger partial charge in [-0.1, -0.05) is 76.7 Å². The van der Waals surface area contributed by atoms with Crippen molar-refractivity contribution in [3.8, 4) is 0 Å². The first-order valence-corrected chi connectivity index (χ1v) is 14.7. The van der Waals surface area contributed by atoms with Crippen LogP contribution in [0, 0.1) is 5.82 Å². The molecule has 3 aromatic carbocycles. The molecule has 228 valence electrons. The topological polar surface area (TPSA) is 113 Å². The minimum atomic E-state index is -0.734. The van der Waals surface area contributed by atoms with Crippen molar-refractivity contribution in [2.45, 2.75) is 19.3 Å². The molecule has 0 spiro atoms. The predicted molar refractivity (Wildman–Crippen MR) is 166 cm³/mol. The molecule has 0 aliphatic carbocycles. The molecule has 4 amide bonds. The zero-order chi connectivity index (χ0) is 31.5. The van der Waals surface area contributed by atoms with Crippen molar-refractivity contribution >= 4 is 70.0 Å². The zero-order valence-electron chi connectivity index (χ0n) is 22.9. The van der Waals surface area contributed by atoms with E-state index in [2.05, 4.69) is 5.32 Å². The molecule has 0 saturated carbocycles. The van der Waals surface area contributed by atoms with Gasteiger partial charge in [0.2, 0.25) is 23.6 Å². The molecule has 0 aliphatic rings. The molecular formula is C30H29Cl4FN4O4. The molecule has 0 fully saturated rings. The molecule has 3 aromatic rings. The Balaban J connectivity index is 1.72. The number of carbonyl (C=O) groups is 4. The molecule has 0 saturated heterocycles. The molecule has 0 unspecified atom stereocenters. The van der Waals surface area contributed by atoms with Crippen molar-refractivity contribution < 1.29 is 23.6 Å². The molecule has 0 atom stereocenters. The van der Waals surface area contributed by atoms with Gasteiger partial charge in [-0.3, -0.25) is 19.2 Å². The summed E-state index contributed by atoms with van der Waals surface area (Å²) in [5, 5.41) is 4.17. The Morgan fingerprint density at radius 1 is 0.721 bits per heavy atom. The average Bonchev–Trinajstić information content (AvgIpc) is 2.94. The molecule has 0 heterocycles. The van der Waals surface area contributed by atoms with Gasteiger partial charge in [0.25, 0.3) is 0 Å². The molecule has 13 heteroatoms. The first-order valence-electron chi connectivity index (χ1n) is 13.1. The Morgan fingerprint density at radius 2 is 1.26 bits per heavy atom. The SMILES string of the molecule is NC(=O)CN(CCc1ccc(Cl)cc1Cl)C(=O)CN(CCc1ccc(Cl)cc1Cl)C(=O)CNC(=O)Cc1ccccc1F. The number of primary amides is 1. The van der Waals surface area contributed by atoms with E-state index in [1.807, 2.05) is 0 Å². The number of benzene rings is 3. The van der Waals surface area contributed by atoms with Crippen LogP contribution in [-0.4, -0.2) is 66.2 Å². The molecule has 3 N–H and O–H groups in total. The van der Waals surface area contributed by atoms with Crippen molar-refractivity contribution in [2.75, 3.05) is 32.7 Å². The molecule has 0 radical (unpaired) electrons. The van der Waals surface area contributed by atoms with Crippen molar-refractivity contribution in [3.05, 3.63) is 103 Å². The number of nitrogens with two attached hydrogens (primary N) is 1. The monoisotopic (exact) mass is 668 g/mol. The number of hydrogen-bond donors (Lipinski definition) is 2. The quantitative estimate of drug-likeness (QED) is 0.259. The summed E-state index contributed by atoms with van der Waals surface area (Å²) in [5.74, 6) is -2.95. The van der Waals surface area contributed by atoms with E-state index in [1.54, 1.807) is 42.5 Å². The second-order valence-electron chi connectivity index (χ2n) is 9.61. The standard InChI is InChI=1S/C30H29Cl4FN4O4/c31-22-7-5-19(24(33)14-22)9-11-38(17-27(36)40)30(43)18-39(12-10-20-6-8-23(32)15-25(20)34)29(42)16-37-28(41)13-21-3-1-2-4-26(21)35/h1-8,14-15H,9-13,16-18H2,(H2,36,40)(H,37,41). The van der Waals surface area contributed by atoms with Crippen LogP contribution in [0.3, 0.4) is 0 Å². The van der Waals surface area contributed by atoms with Crippen molar-refractivity contribution in [1.29, 1.82) is 0 Å². The van der Waals surface area contributed by atoms with E-state index >= 15 is 0 Å². The van der Waals surface area contributed by atoms with E-state index in [9.17, 15) is 23.6 Å².